The van der Waals surface area contributed by atoms with E-state index in [1.54, 1.807) is 12.1 Å². The molecule has 1 aliphatic heterocycles. The molecule has 0 bridgehead atoms. The van der Waals surface area contributed by atoms with Crippen molar-refractivity contribution in [3.8, 4) is 0 Å². The average molecular weight is 488 g/mol. The summed E-state index contributed by atoms with van der Waals surface area (Å²) in [4.78, 5) is 15.5. The first-order chi connectivity index (χ1) is 16.2. The number of nitrogens with one attached hydrogen (secondary N) is 1. The van der Waals surface area contributed by atoms with Gasteiger partial charge in [-0.15, -0.1) is 0 Å². The molecule has 3 aromatic rings. The van der Waals surface area contributed by atoms with Crippen LogP contribution in [0.2, 0.25) is 0 Å². The molecule has 2 N–H and O–H groups in total. The van der Waals surface area contributed by atoms with Crippen LogP contribution in [0, 0.1) is 11.6 Å². The van der Waals surface area contributed by atoms with Crippen molar-refractivity contribution in [2.45, 2.75) is 11.4 Å². The van der Waals surface area contributed by atoms with Gasteiger partial charge in [0.05, 0.1) is 21.8 Å². The Hall–Kier alpha value is -3.50. The van der Waals surface area contributed by atoms with E-state index in [0.717, 1.165) is 29.8 Å². The number of sulfonamides is 1. The van der Waals surface area contributed by atoms with Gasteiger partial charge in [0.15, 0.2) is 0 Å². The molecule has 0 aromatic heterocycles. The van der Waals surface area contributed by atoms with Crippen molar-refractivity contribution in [3.63, 3.8) is 0 Å². The number of benzene rings is 3. The maximum absolute atomic E-state index is 13.5. The summed E-state index contributed by atoms with van der Waals surface area (Å²) < 4.78 is 54.9. The minimum absolute atomic E-state index is 0.0645. The largest absolute Gasteiger partial charge is 0.478 e. The molecule has 34 heavy (non-hydrogen) atoms. The molecule has 1 saturated heterocycles. The minimum Gasteiger partial charge on any atom is -0.478 e. The molecule has 3 aromatic carbocycles. The van der Waals surface area contributed by atoms with Crippen molar-refractivity contribution < 1.29 is 27.1 Å². The normalized spacial score (nSPS) is 14.7. The highest BCUT2D eigenvalue weighted by Gasteiger charge is 2.23. The van der Waals surface area contributed by atoms with Crippen LogP contribution in [0.15, 0.2) is 71.6 Å². The molecule has 0 spiro atoms. The molecule has 1 fully saturated rings. The van der Waals surface area contributed by atoms with Crippen LogP contribution in [0.4, 0.5) is 20.2 Å². The summed E-state index contributed by atoms with van der Waals surface area (Å²) >= 11 is 0. The molecule has 0 aliphatic carbocycles. The monoisotopic (exact) mass is 487 g/mol. The van der Waals surface area contributed by atoms with Crippen LogP contribution in [-0.4, -0.2) is 50.6 Å². The lowest BCUT2D eigenvalue weighted by Gasteiger charge is -2.37. The molecule has 7 nitrogen and oxygen atoms in total. The van der Waals surface area contributed by atoms with Crippen LogP contribution in [0.5, 0.6) is 0 Å². The number of aromatic carboxylic acids is 1. The second-order valence-corrected chi connectivity index (χ2v) is 9.67. The number of anilines is 2. The third-order valence-corrected chi connectivity index (χ3v) is 7.00. The highest BCUT2D eigenvalue weighted by atomic mass is 32.2. The molecule has 0 unspecified atom stereocenters. The van der Waals surface area contributed by atoms with E-state index in [4.69, 9.17) is 0 Å². The number of halogens is 2. The minimum atomic E-state index is -4.07. The fraction of sp³-hybridized carbons (Fsp3) is 0.208. The molecule has 1 heterocycles. The fourth-order valence-electron chi connectivity index (χ4n) is 3.88. The maximum atomic E-state index is 13.5. The van der Waals surface area contributed by atoms with Gasteiger partial charge in [0.1, 0.15) is 11.6 Å². The van der Waals surface area contributed by atoms with E-state index in [2.05, 4.69) is 9.62 Å². The van der Waals surface area contributed by atoms with Crippen LogP contribution in [0.25, 0.3) is 0 Å². The van der Waals surface area contributed by atoms with Crippen LogP contribution in [0.1, 0.15) is 15.9 Å². The zero-order valence-corrected chi connectivity index (χ0v) is 18.9. The highest BCUT2D eigenvalue weighted by molar-refractivity contribution is 7.92. The van der Waals surface area contributed by atoms with Gasteiger partial charge in [-0.05, 0) is 60.2 Å². The van der Waals surface area contributed by atoms with Gasteiger partial charge in [-0.25, -0.2) is 22.0 Å². The van der Waals surface area contributed by atoms with Gasteiger partial charge in [-0.2, -0.15) is 0 Å². The van der Waals surface area contributed by atoms with E-state index in [-0.39, 0.29) is 22.0 Å². The quantitative estimate of drug-likeness (QED) is 0.527. The predicted molar refractivity (Wildman–Crippen MR) is 124 cm³/mol. The SMILES string of the molecule is O=C(O)c1ccc(N2CCN(Cc3cccc(F)c3)CC2)c(NS(=O)(=O)c2ccc(F)cc2)c1. The Morgan fingerprint density at radius 1 is 0.912 bits per heavy atom. The van der Waals surface area contributed by atoms with Crippen LogP contribution in [-0.2, 0) is 16.6 Å². The predicted octanol–water partition coefficient (Wildman–Crippen LogP) is 3.79. The second-order valence-electron chi connectivity index (χ2n) is 7.99. The van der Waals surface area contributed by atoms with Crippen LogP contribution < -0.4 is 9.62 Å². The van der Waals surface area contributed by atoms with Crippen LogP contribution in [0.3, 0.4) is 0 Å². The van der Waals surface area contributed by atoms with Gasteiger partial charge in [0.2, 0.25) is 0 Å². The van der Waals surface area contributed by atoms with Crippen molar-refractivity contribution in [1.82, 2.24) is 4.90 Å². The maximum Gasteiger partial charge on any atom is 0.335 e. The Kier molecular flexibility index (Phi) is 6.80. The molecule has 10 heteroatoms. The summed E-state index contributed by atoms with van der Waals surface area (Å²) in [5, 5.41) is 9.38. The summed E-state index contributed by atoms with van der Waals surface area (Å²) in [6.45, 7) is 3.02. The third kappa shape index (κ3) is 5.52. The van der Waals surface area contributed by atoms with Crippen molar-refractivity contribution in [2.75, 3.05) is 35.8 Å². The van der Waals surface area contributed by atoms with E-state index in [9.17, 15) is 27.1 Å². The molecule has 4 rings (SSSR count). The zero-order chi connectivity index (χ0) is 24.3. The lowest BCUT2D eigenvalue weighted by molar-refractivity contribution is 0.0697. The van der Waals surface area contributed by atoms with E-state index in [1.165, 1.54) is 24.3 Å². The van der Waals surface area contributed by atoms with Gasteiger partial charge in [-0.1, -0.05) is 12.1 Å². The smallest absolute Gasteiger partial charge is 0.335 e. The number of carboxylic acid groups (broad SMARTS) is 1. The molecular formula is C24H23F2N3O4S. The van der Waals surface area contributed by atoms with Crippen molar-refractivity contribution in [3.05, 3.63) is 89.5 Å². The molecule has 0 atom stereocenters. The Balaban J connectivity index is 1.54. The van der Waals surface area contributed by atoms with E-state index in [0.29, 0.717) is 38.4 Å². The first kappa shape index (κ1) is 23.7. The number of hydrogen-bond acceptors (Lipinski definition) is 5. The van der Waals surface area contributed by atoms with E-state index in [1.807, 2.05) is 11.0 Å². The van der Waals surface area contributed by atoms with Gasteiger partial charge in [0.25, 0.3) is 10.0 Å². The first-order valence-electron chi connectivity index (χ1n) is 10.6. The summed E-state index contributed by atoms with van der Waals surface area (Å²) in [5.74, 6) is -2.04. The number of hydrogen-bond donors (Lipinski definition) is 2. The Bertz CT molecular complexity index is 1290. The summed E-state index contributed by atoms with van der Waals surface area (Å²) in [6, 6.07) is 15.1. The Morgan fingerprint density at radius 2 is 1.62 bits per heavy atom. The Labute approximate surface area is 196 Å². The summed E-state index contributed by atoms with van der Waals surface area (Å²) in [7, 11) is -4.07. The van der Waals surface area contributed by atoms with Crippen LogP contribution >= 0.6 is 0 Å². The van der Waals surface area contributed by atoms with Crippen molar-refractivity contribution >= 4 is 27.4 Å². The lowest BCUT2D eigenvalue weighted by Crippen LogP contribution is -2.46. The molecular weight excluding hydrogens is 464 g/mol. The fourth-order valence-corrected chi connectivity index (χ4v) is 4.95. The summed E-state index contributed by atoms with van der Waals surface area (Å²) in [6.07, 6.45) is 0. The molecule has 0 radical (unpaired) electrons. The summed E-state index contributed by atoms with van der Waals surface area (Å²) in [5.41, 5.74) is 1.47. The molecule has 0 amide bonds. The highest BCUT2D eigenvalue weighted by Crippen LogP contribution is 2.31. The molecule has 1 aliphatic rings. The van der Waals surface area contributed by atoms with Gasteiger partial charge in [0, 0.05) is 32.7 Å². The van der Waals surface area contributed by atoms with Crippen molar-refractivity contribution in [2.24, 2.45) is 0 Å². The standard InChI is InChI=1S/C24H23F2N3O4S/c25-19-5-7-21(8-6-19)34(32,33)27-22-15-18(24(30)31)4-9-23(22)29-12-10-28(11-13-29)16-17-2-1-3-20(26)14-17/h1-9,14-15,27H,10-13,16H2,(H,30,31). The first-order valence-corrected chi connectivity index (χ1v) is 12.1. The number of carbonyl (C=O) groups is 1. The Morgan fingerprint density at radius 3 is 2.26 bits per heavy atom. The van der Waals surface area contributed by atoms with Gasteiger partial charge in [-0.3, -0.25) is 9.62 Å². The van der Waals surface area contributed by atoms with Gasteiger partial charge < -0.3 is 10.0 Å². The molecule has 0 saturated carbocycles. The van der Waals surface area contributed by atoms with Gasteiger partial charge >= 0.3 is 5.97 Å². The van der Waals surface area contributed by atoms with E-state index < -0.39 is 21.8 Å². The number of carboxylic acids is 1. The lowest BCUT2D eigenvalue weighted by atomic mass is 10.1. The van der Waals surface area contributed by atoms with Crippen molar-refractivity contribution in [1.29, 1.82) is 0 Å². The number of piperazine rings is 1. The van der Waals surface area contributed by atoms with E-state index >= 15 is 0 Å². The number of rotatable bonds is 7. The number of nitrogens with zero attached hydrogens (tertiary/aromatic N) is 2. The average Bonchev–Trinajstić information content (AvgIpc) is 2.80. The zero-order valence-electron chi connectivity index (χ0n) is 18.1. The third-order valence-electron chi connectivity index (χ3n) is 5.62. The topological polar surface area (TPSA) is 89.9 Å². The molecule has 178 valence electrons. The second kappa shape index (κ2) is 9.78.